The van der Waals surface area contributed by atoms with Gasteiger partial charge < -0.3 is 5.32 Å². The summed E-state index contributed by atoms with van der Waals surface area (Å²) in [6.45, 7) is 10.3. The number of benzene rings is 1. The van der Waals surface area contributed by atoms with Crippen molar-refractivity contribution in [3.8, 4) is 0 Å². The van der Waals surface area contributed by atoms with Gasteiger partial charge in [0.1, 0.15) is 0 Å². The van der Waals surface area contributed by atoms with Crippen LogP contribution < -0.4 is 5.32 Å². The molecule has 1 N–H and O–H groups in total. The zero-order valence-electron chi connectivity index (χ0n) is 11.8. The molecule has 18 heavy (non-hydrogen) atoms. The van der Waals surface area contributed by atoms with Gasteiger partial charge in [0.05, 0.1) is 0 Å². The van der Waals surface area contributed by atoms with Crippen molar-refractivity contribution in [3.63, 3.8) is 0 Å². The Kier molecular flexibility index (Phi) is 5.21. The molecule has 0 aromatic heterocycles. The van der Waals surface area contributed by atoms with Crippen molar-refractivity contribution in [2.45, 2.75) is 39.8 Å². The molecule has 1 aromatic carbocycles. The van der Waals surface area contributed by atoms with Crippen molar-refractivity contribution < 1.29 is 0 Å². The average Bonchev–Trinajstić information content (AvgIpc) is 2.77. The highest BCUT2D eigenvalue weighted by molar-refractivity contribution is 5.27. The fraction of sp³-hybridized carbons (Fsp3) is 0.625. The summed E-state index contributed by atoms with van der Waals surface area (Å²) < 4.78 is 0. The molecule has 2 nitrogen and oxygen atoms in total. The Morgan fingerprint density at radius 3 is 2.72 bits per heavy atom. The van der Waals surface area contributed by atoms with Gasteiger partial charge in [-0.25, -0.2) is 0 Å². The van der Waals surface area contributed by atoms with Crippen LogP contribution in [-0.2, 0) is 13.1 Å². The van der Waals surface area contributed by atoms with Gasteiger partial charge in [-0.05, 0) is 43.0 Å². The van der Waals surface area contributed by atoms with Crippen molar-refractivity contribution in [1.29, 1.82) is 0 Å². The van der Waals surface area contributed by atoms with Crippen molar-refractivity contribution in [2.75, 3.05) is 19.6 Å². The lowest BCUT2D eigenvalue weighted by Gasteiger charge is -2.18. The van der Waals surface area contributed by atoms with Crippen molar-refractivity contribution in [3.05, 3.63) is 35.4 Å². The molecule has 100 valence electrons. The van der Waals surface area contributed by atoms with Crippen LogP contribution in [0.4, 0.5) is 0 Å². The maximum Gasteiger partial charge on any atom is 0.0237 e. The number of nitrogens with zero attached hydrogens (tertiary/aromatic N) is 1. The van der Waals surface area contributed by atoms with Gasteiger partial charge in [0.25, 0.3) is 0 Å². The minimum atomic E-state index is 0.871. The van der Waals surface area contributed by atoms with E-state index in [1.165, 1.54) is 37.1 Å². The van der Waals surface area contributed by atoms with Gasteiger partial charge in [0.15, 0.2) is 0 Å². The second kappa shape index (κ2) is 6.91. The van der Waals surface area contributed by atoms with E-state index in [0.717, 1.165) is 25.6 Å². The predicted molar refractivity (Wildman–Crippen MR) is 77.5 cm³/mol. The molecule has 0 spiro atoms. The van der Waals surface area contributed by atoms with E-state index in [9.17, 15) is 0 Å². The molecule has 2 heteroatoms. The molecule has 0 aliphatic carbocycles. The second-order valence-corrected chi connectivity index (χ2v) is 5.57. The van der Waals surface area contributed by atoms with E-state index in [0.29, 0.717) is 0 Å². The van der Waals surface area contributed by atoms with Crippen LogP contribution in [0, 0.1) is 5.92 Å². The van der Waals surface area contributed by atoms with Crippen molar-refractivity contribution >= 4 is 0 Å². The minimum absolute atomic E-state index is 0.871. The molecule has 1 atom stereocenters. The molecule has 0 amide bonds. The first-order valence-electron chi connectivity index (χ1n) is 7.29. The first-order valence-corrected chi connectivity index (χ1v) is 7.29. The lowest BCUT2D eigenvalue weighted by atomic mass is 10.1. The Labute approximate surface area is 111 Å². The van der Waals surface area contributed by atoms with E-state index < -0.39 is 0 Å². The van der Waals surface area contributed by atoms with Crippen LogP contribution in [-0.4, -0.2) is 24.5 Å². The average molecular weight is 246 g/mol. The van der Waals surface area contributed by atoms with Gasteiger partial charge in [0.2, 0.25) is 0 Å². The second-order valence-electron chi connectivity index (χ2n) is 5.57. The third-order valence-electron chi connectivity index (χ3n) is 3.76. The van der Waals surface area contributed by atoms with Crippen LogP contribution in [0.15, 0.2) is 24.3 Å². The molecule has 1 saturated heterocycles. The third kappa shape index (κ3) is 3.82. The fourth-order valence-corrected chi connectivity index (χ4v) is 2.69. The molecule has 1 heterocycles. The highest BCUT2D eigenvalue weighted by Gasteiger charge is 2.19. The summed E-state index contributed by atoms with van der Waals surface area (Å²) in [4.78, 5) is 2.59. The van der Waals surface area contributed by atoms with Crippen LogP contribution in [0.1, 0.15) is 37.8 Å². The van der Waals surface area contributed by atoms with E-state index in [1.54, 1.807) is 0 Å². The third-order valence-corrected chi connectivity index (χ3v) is 3.76. The van der Waals surface area contributed by atoms with Crippen LogP contribution in [0.3, 0.4) is 0 Å². The molecule has 1 aliphatic rings. The first-order chi connectivity index (χ1) is 8.79. The number of rotatable bonds is 6. The number of hydrogen-bond donors (Lipinski definition) is 1. The Balaban J connectivity index is 1.94. The summed E-state index contributed by atoms with van der Waals surface area (Å²) in [6.07, 6.45) is 2.56. The standard InChI is InChI=1S/C16H26N2/c1-3-9-17-11-15-6-4-5-7-16(15)13-18-10-8-14(2)12-18/h4-7,14,17H,3,8-13H2,1-2H3. The van der Waals surface area contributed by atoms with Crippen LogP contribution in [0.25, 0.3) is 0 Å². The first kappa shape index (κ1) is 13.6. The fourth-order valence-electron chi connectivity index (χ4n) is 2.69. The van der Waals surface area contributed by atoms with E-state index in [1.807, 2.05) is 0 Å². The van der Waals surface area contributed by atoms with E-state index in [4.69, 9.17) is 0 Å². The molecule has 1 aromatic rings. The molecule has 2 rings (SSSR count). The normalized spacial score (nSPS) is 20.4. The van der Waals surface area contributed by atoms with Crippen molar-refractivity contribution in [1.82, 2.24) is 10.2 Å². The zero-order valence-corrected chi connectivity index (χ0v) is 11.8. The molecular weight excluding hydrogens is 220 g/mol. The minimum Gasteiger partial charge on any atom is -0.313 e. The molecule has 0 saturated carbocycles. The maximum atomic E-state index is 3.51. The molecule has 1 unspecified atom stereocenters. The molecule has 1 aliphatic heterocycles. The van der Waals surface area contributed by atoms with Crippen LogP contribution >= 0.6 is 0 Å². The maximum absolute atomic E-state index is 3.51. The van der Waals surface area contributed by atoms with Gasteiger partial charge in [-0.2, -0.15) is 0 Å². The zero-order chi connectivity index (χ0) is 12.8. The number of nitrogens with one attached hydrogen (secondary N) is 1. The summed E-state index contributed by atoms with van der Waals surface area (Å²) in [5, 5.41) is 3.51. The summed E-state index contributed by atoms with van der Waals surface area (Å²) >= 11 is 0. The largest absolute Gasteiger partial charge is 0.313 e. The van der Waals surface area contributed by atoms with Gasteiger partial charge in [-0.3, -0.25) is 4.90 Å². The van der Waals surface area contributed by atoms with Crippen molar-refractivity contribution in [2.24, 2.45) is 5.92 Å². The summed E-state index contributed by atoms with van der Waals surface area (Å²) in [5.41, 5.74) is 2.96. The highest BCUT2D eigenvalue weighted by Crippen LogP contribution is 2.19. The smallest absolute Gasteiger partial charge is 0.0237 e. The molecular formula is C16H26N2. The lowest BCUT2D eigenvalue weighted by molar-refractivity contribution is 0.319. The van der Waals surface area contributed by atoms with E-state index in [2.05, 4.69) is 48.3 Å². The quantitative estimate of drug-likeness (QED) is 0.776. The van der Waals surface area contributed by atoms with E-state index >= 15 is 0 Å². The Hall–Kier alpha value is -0.860. The molecule has 1 fully saturated rings. The number of hydrogen-bond acceptors (Lipinski definition) is 2. The lowest BCUT2D eigenvalue weighted by Crippen LogP contribution is -2.22. The summed E-state index contributed by atoms with van der Waals surface area (Å²) in [5.74, 6) is 0.871. The molecule has 0 bridgehead atoms. The van der Waals surface area contributed by atoms with E-state index in [-0.39, 0.29) is 0 Å². The van der Waals surface area contributed by atoms with Gasteiger partial charge in [-0.1, -0.05) is 38.1 Å². The number of likely N-dealkylation sites (tertiary alicyclic amines) is 1. The van der Waals surface area contributed by atoms with Crippen LogP contribution in [0.2, 0.25) is 0 Å². The topological polar surface area (TPSA) is 15.3 Å². The van der Waals surface area contributed by atoms with Gasteiger partial charge in [-0.15, -0.1) is 0 Å². The Morgan fingerprint density at radius 1 is 1.28 bits per heavy atom. The SMILES string of the molecule is CCCNCc1ccccc1CN1CCC(C)C1. The monoisotopic (exact) mass is 246 g/mol. The van der Waals surface area contributed by atoms with Gasteiger partial charge in [0, 0.05) is 19.6 Å². The van der Waals surface area contributed by atoms with Crippen LogP contribution in [0.5, 0.6) is 0 Å². The predicted octanol–water partition coefficient (Wildman–Crippen LogP) is 3.03. The summed E-state index contributed by atoms with van der Waals surface area (Å²) in [7, 11) is 0. The Bertz CT molecular complexity index is 362. The highest BCUT2D eigenvalue weighted by atomic mass is 15.1. The summed E-state index contributed by atoms with van der Waals surface area (Å²) in [6, 6.07) is 8.86. The molecule has 0 radical (unpaired) electrons. The Morgan fingerprint density at radius 2 is 2.06 bits per heavy atom. The van der Waals surface area contributed by atoms with Gasteiger partial charge >= 0.3 is 0 Å².